The minimum atomic E-state index is 0.177. The van der Waals surface area contributed by atoms with Gasteiger partial charge in [0.05, 0.1) is 0 Å². The van der Waals surface area contributed by atoms with E-state index in [0.717, 1.165) is 15.6 Å². The van der Waals surface area contributed by atoms with E-state index in [-0.39, 0.29) is 5.78 Å². The lowest BCUT2D eigenvalue weighted by atomic mass is 10.1. The summed E-state index contributed by atoms with van der Waals surface area (Å²) in [5, 5.41) is 7.82. The smallest absolute Gasteiger partial charge is 0.169 e. The summed E-state index contributed by atoms with van der Waals surface area (Å²) in [7, 11) is 0. The van der Waals surface area contributed by atoms with Gasteiger partial charge >= 0.3 is 0 Å². The van der Waals surface area contributed by atoms with Crippen molar-refractivity contribution in [1.82, 2.24) is 0 Å². The molecule has 72 valence electrons. The summed E-state index contributed by atoms with van der Waals surface area (Å²) in [6, 6.07) is 1.99. The van der Waals surface area contributed by atoms with Gasteiger partial charge < -0.3 is 0 Å². The van der Waals surface area contributed by atoms with E-state index in [1.165, 1.54) is 0 Å². The summed E-state index contributed by atoms with van der Waals surface area (Å²) in [5.74, 6) is 0.177. The van der Waals surface area contributed by atoms with Crippen LogP contribution in [-0.4, -0.2) is 5.78 Å². The molecular formula is C10H7BrOS2. The van der Waals surface area contributed by atoms with Gasteiger partial charge in [-0.25, -0.2) is 0 Å². The van der Waals surface area contributed by atoms with Crippen LogP contribution in [-0.2, 0) is 6.42 Å². The molecule has 0 aromatic carbocycles. The molecule has 1 nitrogen and oxygen atoms in total. The van der Waals surface area contributed by atoms with E-state index in [4.69, 9.17) is 0 Å². The molecule has 0 bridgehead atoms. The Morgan fingerprint density at radius 1 is 1.29 bits per heavy atom. The highest BCUT2D eigenvalue weighted by molar-refractivity contribution is 9.10. The molecule has 4 heteroatoms. The number of carbonyl (C=O) groups is 1. The van der Waals surface area contributed by atoms with Gasteiger partial charge in [0.2, 0.25) is 0 Å². The number of rotatable bonds is 3. The average molecular weight is 287 g/mol. The first-order chi connectivity index (χ1) is 6.77. The second-order valence-electron chi connectivity index (χ2n) is 2.86. The summed E-state index contributed by atoms with van der Waals surface area (Å²) in [5.41, 5.74) is 1.89. The highest BCUT2D eigenvalue weighted by Gasteiger charge is 2.11. The molecule has 0 aliphatic carbocycles. The van der Waals surface area contributed by atoms with Crippen molar-refractivity contribution in [1.29, 1.82) is 0 Å². The van der Waals surface area contributed by atoms with Crippen LogP contribution in [0.4, 0.5) is 0 Å². The van der Waals surface area contributed by atoms with Gasteiger partial charge in [0.25, 0.3) is 0 Å². The Labute approximate surface area is 98.5 Å². The van der Waals surface area contributed by atoms with Crippen LogP contribution < -0.4 is 0 Å². The Bertz CT molecular complexity index is 431. The number of hydrogen-bond donors (Lipinski definition) is 0. The molecule has 2 rings (SSSR count). The van der Waals surface area contributed by atoms with Gasteiger partial charge in [0, 0.05) is 27.2 Å². The lowest BCUT2D eigenvalue weighted by molar-refractivity contribution is 0.0993. The fourth-order valence-electron chi connectivity index (χ4n) is 1.15. The van der Waals surface area contributed by atoms with Crippen LogP contribution in [0.3, 0.4) is 0 Å². The SMILES string of the molecule is O=C(Cc1ccsc1)c1cscc1Br. The van der Waals surface area contributed by atoms with Gasteiger partial charge in [-0.3, -0.25) is 4.79 Å². The molecule has 0 amide bonds. The molecular weight excluding hydrogens is 280 g/mol. The molecule has 2 aromatic rings. The van der Waals surface area contributed by atoms with Crippen LogP contribution >= 0.6 is 38.6 Å². The fraction of sp³-hybridized carbons (Fsp3) is 0.100. The van der Waals surface area contributed by atoms with Crippen molar-refractivity contribution in [2.24, 2.45) is 0 Å². The molecule has 0 saturated carbocycles. The third kappa shape index (κ3) is 2.13. The maximum absolute atomic E-state index is 11.8. The minimum Gasteiger partial charge on any atom is -0.294 e. The molecule has 0 radical (unpaired) electrons. The number of Topliss-reactive ketones (excluding diaryl/α,β-unsaturated/α-hetero) is 1. The molecule has 14 heavy (non-hydrogen) atoms. The summed E-state index contributed by atoms with van der Waals surface area (Å²) in [6.07, 6.45) is 0.499. The van der Waals surface area contributed by atoms with E-state index in [1.54, 1.807) is 22.7 Å². The second kappa shape index (κ2) is 4.38. The van der Waals surface area contributed by atoms with Crippen molar-refractivity contribution in [3.05, 3.63) is 43.2 Å². The Morgan fingerprint density at radius 3 is 2.71 bits per heavy atom. The first-order valence-corrected chi connectivity index (χ1v) is 6.71. The number of thiophene rings is 2. The highest BCUT2D eigenvalue weighted by Crippen LogP contribution is 2.23. The molecule has 0 aliphatic heterocycles. The van der Waals surface area contributed by atoms with Gasteiger partial charge in [-0.15, -0.1) is 0 Å². The first-order valence-electron chi connectivity index (χ1n) is 4.03. The molecule has 0 N–H and O–H groups in total. The molecule has 0 fully saturated rings. The van der Waals surface area contributed by atoms with Gasteiger partial charge in [-0.2, -0.15) is 22.7 Å². The van der Waals surface area contributed by atoms with Gasteiger partial charge in [-0.05, 0) is 38.3 Å². The van der Waals surface area contributed by atoms with Gasteiger partial charge in [0.15, 0.2) is 5.78 Å². The van der Waals surface area contributed by atoms with E-state index >= 15 is 0 Å². The van der Waals surface area contributed by atoms with Crippen LogP contribution in [0.15, 0.2) is 32.1 Å². The molecule has 0 unspecified atom stereocenters. The van der Waals surface area contributed by atoms with Crippen LogP contribution in [0.5, 0.6) is 0 Å². The monoisotopic (exact) mass is 286 g/mol. The zero-order chi connectivity index (χ0) is 9.97. The number of halogens is 1. The van der Waals surface area contributed by atoms with Gasteiger partial charge in [-0.1, -0.05) is 0 Å². The van der Waals surface area contributed by atoms with E-state index in [2.05, 4.69) is 15.9 Å². The normalized spacial score (nSPS) is 10.4. The quantitative estimate of drug-likeness (QED) is 0.780. The zero-order valence-corrected chi connectivity index (χ0v) is 10.4. The maximum Gasteiger partial charge on any atom is 0.169 e. The van der Waals surface area contributed by atoms with Crippen molar-refractivity contribution < 1.29 is 4.79 Å². The standard InChI is InChI=1S/C10H7BrOS2/c11-9-6-14-5-8(9)10(12)3-7-1-2-13-4-7/h1-2,4-6H,3H2. The van der Waals surface area contributed by atoms with E-state index in [9.17, 15) is 4.79 Å². The van der Waals surface area contributed by atoms with E-state index < -0.39 is 0 Å². The van der Waals surface area contributed by atoms with Crippen LogP contribution in [0.25, 0.3) is 0 Å². The summed E-state index contributed by atoms with van der Waals surface area (Å²) in [6.45, 7) is 0. The van der Waals surface area contributed by atoms with Crippen molar-refractivity contribution in [3.63, 3.8) is 0 Å². The number of ketones is 1. The summed E-state index contributed by atoms with van der Waals surface area (Å²) in [4.78, 5) is 11.8. The topological polar surface area (TPSA) is 17.1 Å². The van der Waals surface area contributed by atoms with Gasteiger partial charge in [0.1, 0.15) is 0 Å². The minimum absolute atomic E-state index is 0.177. The Morgan fingerprint density at radius 2 is 2.14 bits per heavy atom. The summed E-state index contributed by atoms with van der Waals surface area (Å²) >= 11 is 6.53. The molecule has 0 spiro atoms. The predicted molar refractivity (Wildman–Crippen MR) is 64.4 cm³/mol. The van der Waals surface area contributed by atoms with Crippen LogP contribution in [0, 0.1) is 0 Å². The Hall–Kier alpha value is -0.450. The molecule has 2 heterocycles. The maximum atomic E-state index is 11.8. The Kier molecular flexibility index (Phi) is 3.15. The molecule has 0 aliphatic rings. The van der Waals surface area contributed by atoms with Crippen molar-refractivity contribution >= 4 is 44.4 Å². The first kappa shape index (κ1) is 10.1. The fourth-order valence-corrected chi connectivity index (χ4v) is 3.34. The van der Waals surface area contributed by atoms with Crippen molar-refractivity contribution in [3.8, 4) is 0 Å². The average Bonchev–Trinajstić information content (AvgIpc) is 2.75. The molecule has 0 atom stereocenters. The second-order valence-corrected chi connectivity index (χ2v) is 5.24. The highest BCUT2D eigenvalue weighted by atomic mass is 79.9. The van der Waals surface area contributed by atoms with E-state index in [0.29, 0.717) is 6.42 Å². The van der Waals surface area contributed by atoms with Crippen LogP contribution in [0.1, 0.15) is 15.9 Å². The predicted octanol–water partition coefficient (Wildman–Crippen LogP) is 4.00. The number of hydrogen-bond acceptors (Lipinski definition) is 3. The lowest BCUT2D eigenvalue weighted by Gasteiger charge is -1.96. The zero-order valence-electron chi connectivity index (χ0n) is 7.20. The largest absolute Gasteiger partial charge is 0.294 e. The Balaban J connectivity index is 2.14. The molecule has 0 saturated heterocycles. The van der Waals surface area contributed by atoms with Crippen molar-refractivity contribution in [2.75, 3.05) is 0 Å². The van der Waals surface area contributed by atoms with Crippen molar-refractivity contribution in [2.45, 2.75) is 6.42 Å². The number of carbonyl (C=O) groups excluding carboxylic acids is 1. The van der Waals surface area contributed by atoms with Crippen LogP contribution in [0.2, 0.25) is 0 Å². The molecule has 2 aromatic heterocycles. The third-order valence-corrected chi connectivity index (χ3v) is 4.29. The third-order valence-electron chi connectivity index (χ3n) is 1.86. The summed E-state index contributed by atoms with van der Waals surface area (Å²) < 4.78 is 0.905. The lowest BCUT2D eigenvalue weighted by Crippen LogP contribution is -2.01. The van der Waals surface area contributed by atoms with E-state index in [1.807, 2.05) is 27.6 Å².